The van der Waals surface area contributed by atoms with Crippen molar-refractivity contribution in [3.63, 3.8) is 0 Å². The third-order valence-electron chi connectivity index (χ3n) is 9.07. The minimum Gasteiger partial charge on any atom is -0.312 e. The number of aromatic nitrogens is 2. The van der Waals surface area contributed by atoms with Gasteiger partial charge < -0.3 is 9.13 Å². The Morgan fingerprint density at radius 1 is 0.429 bits per heavy atom. The van der Waals surface area contributed by atoms with Crippen molar-refractivity contribution in [1.29, 1.82) is 0 Å². The van der Waals surface area contributed by atoms with Gasteiger partial charge in [0.25, 0.3) is 0 Å². The lowest BCUT2D eigenvalue weighted by molar-refractivity contribution is 0.655. The van der Waals surface area contributed by atoms with Crippen LogP contribution in [0.4, 0.5) is 0 Å². The number of hydrogen-bond acceptors (Lipinski definition) is 0. The van der Waals surface area contributed by atoms with Crippen LogP contribution in [-0.4, -0.2) is 9.13 Å². The summed E-state index contributed by atoms with van der Waals surface area (Å²) in [6, 6.07) is 42.2. The standard InChI is InChI=1S/C40H28N2/c1-2-13-30(14-3-1)41-37-18-8-6-16-32(37)34-25-28(21-23-39(34)41)29-22-24-40-35(26-29)33-17-7-9-19-38(33)42(40)36-20-10-12-27-11-4-5-15-31(27)36/h1-27,31H. The van der Waals surface area contributed by atoms with Crippen LogP contribution in [0.2, 0.25) is 0 Å². The number of nitrogens with zero attached hydrogens (tertiary/aromatic N) is 2. The van der Waals surface area contributed by atoms with Crippen LogP contribution in [0.5, 0.6) is 0 Å². The predicted molar refractivity (Wildman–Crippen MR) is 178 cm³/mol. The number of allylic oxidation sites excluding steroid dienone is 8. The van der Waals surface area contributed by atoms with Crippen molar-refractivity contribution in [2.45, 2.75) is 0 Å². The van der Waals surface area contributed by atoms with Crippen LogP contribution in [-0.2, 0) is 0 Å². The van der Waals surface area contributed by atoms with Crippen LogP contribution in [0.3, 0.4) is 0 Å². The second-order valence-electron chi connectivity index (χ2n) is 11.4. The van der Waals surface area contributed by atoms with Gasteiger partial charge in [-0.15, -0.1) is 0 Å². The van der Waals surface area contributed by atoms with Crippen molar-refractivity contribution in [2.24, 2.45) is 11.8 Å². The van der Waals surface area contributed by atoms with Gasteiger partial charge in [0.2, 0.25) is 0 Å². The molecule has 2 aliphatic rings. The van der Waals surface area contributed by atoms with Gasteiger partial charge in [-0.2, -0.15) is 0 Å². The van der Waals surface area contributed by atoms with Gasteiger partial charge >= 0.3 is 0 Å². The largest absolute Gasteiger partial charge is 0.312 e. The molecule has 198 valence electrons. The SMILES string of the molecule is C1=CC2C=CC=C(n3c4ccccc4c4cc(-c5ccc6c(c5)c5ccccc5n6-c5ccccc5)ccc43)C2C=C1. The van der Waals surface area contributed by atoms with Gasteiger partial charge in [-0.1, -0.05) is 103 Å². The molecule has 9 rings (SSSR count). The number of rotatable bonds is 3. The maximum atomic E-state index is 2.48. The average molecular weight is 537 g/mol. The molecule has 2 nitrogen and oxygen atoms in total. The molecule has 0 saturated carbocycles. The van der Waals surface area contributed by atoms with E-state index in [1.54, 1.807) is 0 Å². The van der Waals surface area contributed by atoms with Crippen molar-refractivity contribution in [1.82, 2.24) is 9.13 Å². The van der Waals surface area contributed by atoms with Gasteiger partial charge in [0.15, 0.2) is 0 Å². The monoisotopic (exact) mass is 536 g/mol. The number of fused-ring (bicyclic) bond motifs is 7. The Morgan fingerprint density at radius 2 is 0.976 bits per heavy atom. The van der Waals surface area contributed by atoms with Gasteiger partial charge in [0, 0.05) is 44.8 Å². The van der Waals surface area contributed by atoms with Gasteiger partial charge in [0.05, 0.1) is 22.1 Å². The zero-order valence-electron chi connectivity index (χ0n) is 23.1. The molecule has 2 aliphatic carbocycles. The summed E-state index contributed by atoms with van der Waals surface area (Å²) >= 11 is 0. The van der Waals surface area contributed by atoms with E-state index in [9.17, 15) is 0 Å². The van der Waals surface area contributed by atoms with Gasteiger partial charge in [-0.3, -0.25) is 0 Å². The molecule has 0 N–H and O–H groups in total. The lowest BCUT2D eigenvalue weighted by Crippen LogP contribution is -2.18. The van der Waals surface area contributed by atoms with Gasteiger partial charge in [-0.05, 0) is 65.7 Å². The fourth-order valence-corrected chi connectivity index (χ4v) is 7.16. The van der Waals surface area contributed by atoms with E-state index in [0.717, 1.165) is 0 Å². The second-order valence-corrected chi connectivity index (χ2v) is 11.4. The van der Waals surface area contributed by atoms with E-state index < -0.39 is 0 Å². The first-order chi connectivity index (χ1) is 20.8. The molecular formula is C40H28N2. The summed E-state index contributed by atoms with van der Waals surface area (Å²) in [5.74, 6) is 0.734. The summed E-state index contributed by atoms with van der Waals surface area (Å²) in [6.45, 7) is 0. The lowest BCUT2D eigenvalue weighted by atomic mass is 9.82. The summed E-state index contributed by atoms with van der Waals surface area (Å²) in [5, 5.41) is 5.13. The molecule has 7 aromatic rings. The maximum absolute atomic E-state index is 2.48. The molecule has 2 atom stereocenters. The fraction of sp³-hybridized carbons (Fsp3) is 0.0500. The van der Waals surface area contributed by atoms with Crippen LogP contribution in [0.1, 0.15) is 0 Å². The molecule has 5 aromatic carbocycles. The third-order valence-corrected chi connectivity index (χ3v) is 9.07. The zero-order chi connectivity index (χ0) is 27.6. The summed E-state index contributed by atoms with van der Waals surface area (Å²) in [4.78, 5) is 0. The van der Waals surface area contributed by atoms with E-state index >= 15 is 0 Å². The number of hydrogen-bond donors (Lipinski definition) is 0. The molecule has 0 bridgehead atoms. The highest BCUT2D eigenvalue weighted by atomic mass is 15.0. The van der Waals surface area contributed by atoms with Crippen LogP contribution in [0.25, 0.3) is 66.1 Å². The van der Waals surface area contributed by atoms with Crippen molar-refractivity contribution in [3.8, 4) is 16.8 Å². The fourth-order valence-electron chi connectivity index (χ4n) is 7.16. The summed E-state index contributed by atoms with van der Waals surface area (Å²) in [6.07, 6.45) is 15.8. The Morgan fingerprint density at radius 3 is 1.69 bits per heavy atom. The molecule has 2 unspecified atom stereocenters. The van der Waals surface area contributed by atoms with Crippen LogP contribution in [0, 0.1) is 11.8 Å². The first-order valence-electron chi connectivity index (χ1n) is 14.7. The van der Waals surface area contributed by atoms with E-state index in [1.807, 2.05) is 0 Å². The highest BCUT2D eigenvalue weighted by molar-refractivity contribution is 6.13. The minimum absolute atomic E-state index is 0.336. The molecule has 0 amide bonds. The van der Waals surface area contributed by atoms with Crippen molar-refractivity contribution < 1.29 is 0 Å². The number of benzene rings is 5. The smallest absolute Gasteiger partial charge is 0.0541 e. The van der Waals surface area contributed by atoms with Gasteiger partial charge in [-0.25, -0.2) is 0 Å². The zero-order valence-corrected chi connectivity index (χ0v) is 23.1. The van der Waals surface area contributed by atoms with Crippen LogP contribution in [0.15, 0.2) is 158 Å². The lowest BCUT2D eigenvalue weighted by Gasteiger charge is -2.28. The van der Waals surface area contributed by atoms with Crippen LogP contribution < -0.4 is 0 Å². The maximum Gasteiger partial charge on any atom is 0.0541 e. The van der Waals surface area contributed by atoms with Gasteiger partial charge in [0.1, 0.15) is 0 Å². The molecular weight excluding hydrogens is 508 g/mol. The second kappa shape index (κ2) is 9.09. The van der Waals surface area contributed by atoms with Crippen molar-refractivity contribution in [3.05, 3.63) is 158 Å². The van der Waals surface area contributed by atoms with Crippen LogP contribution >= 0.6 is 0 Å². The topological polar surface area (TPSA) is 9.86 Å². The Labute approximate surface area is 244 Å². The summed E-state index contributed by atoms with van der Waals surface area (Å²) in [5.41, 5.74) is 9.95. The molecule has 42 heavy (non-hydrogen) atoms. The molecule has 2 aromatic heterocycles. The molecule has 0 aliphatic heterocycles. The van der Waals surface area contributed by atoms with Crippen molar-refractivity contribution in [2.75, 3.05) is 0 Å². The Bertz CT molecular complexity index is 2300. The normalized spacial score (nSPS) is 17.9. The molecule has 0 fully saturated rings. The molecule has 2 heterocycles. The highest BCUT2D eigenvalue weighted by Crippen LogP contribution is 2.41. The third kappa shape index (κ3) is 3.39. The summed E-state index contributed by atoms with van der Waals surface area (Å²) in [7, 11) is 0. The molecule has 0 radical (unpaired) electrons. The minimum atomic E-state index is 0.336. The predicted octanol–water partition coefficient (Wildman–Crippen LogP) is 10.3. The Kier molecular flexibility index (Phi) is 5.06. The number of para-hydroxylation sites is 3. The van der Waals surface area contributed by atoms with E-state index in [4.69, 9.17) is 0 Å². The molecule has 0 spiro atoms. The highest BCUT2D eigenvalue weighted by Gasteiger charge is 2.26. The molecule has 2 heteroatoms. The Balaban J connectivity index is 1.24. The Hall–Kier alpha value is -5.34. The van der Waals surface area contributed by atoms with E-state index in [1.165, 1.54) is 66.1 Å². The van der Waals surface area contributed by atoms with E-state index in [2.05, 4.69) is 167 Å². The first kappa shape index (κ1) is 23.4. The first-order valence-corrected chi connectivity index (χ1v) is 14.7. The van der Waals surface area contributed by atoms with E-state index in [0.29, 0.717) is 11.8 Å². The quantitative estimate of drug-likeness (QED) is 0.213. The summed E-state index contributed by atoms with van der Waals surface area (Å²) < 4.78 is 4.86. The van der Waals surface area contributed by atoms with E-state index in [-0.39, 0.29) is 0 Å². The molecule has 0 saturated heterocycles. The average Bonchev–Trinajstić information content (AvgIpc) is 3.57. The van der Waals surface area contributed by atoms with Crippen molar-refractivity contribution >= 4 is 49.3 Å².